The van der Waals surface area contributed by atoms with Crippen molar-refractivity contribution < 1.29 is 18.0 Å². The molecule has 1 aliphatic heterocycles. The van der Waals surface area contributed by atoms with E-state index in [2.05, 4.69) is 5.32 Å². The van der Waals surface area contributed by atoms with Gasteiger partial charge in [-0.3, -0.25) is 9.69 Å². The van der Waals surface area contributed by atoms with Crippen LogP contribution < -0.4 is 5.32 Å². The molecule has 1 aliphatic carbocycles. The molecule has 1 aromatic rings. The molecule has 2 unspecified atom stereocenters. The molecule has 136 valence electrons. The molecule has 2 atom stereocenters. The van der Waals surface area contributed by atoms with Crippen molar-refractivity contribution in [2.75, 3.05) is 12.3 Å². The highest BCUT2D eigenvalue weighted by Crippen LogP contribution is 2.42. The van der Waals surface area contributed by atoms with E-state index in [0.29, 0.717) is 0 Å². The third-order valence-electron chi connectivity index (χ3n) is 5.67. The first-order chi connectivity index (χ1) is 11.8. The number of amides is 3. The van der Waals surface area contributed by atoms with Gasteiger partial charge in [0.2, 0.25) is 0 Å². The molecule has 3 rings (SSSR count). The molecule has 1 saturated heterocycles. The van der Waals surface area contributed by atoms with Crippen LogP contribution in [0, 0.1) is 11.8 Å². The lowest BCUT2D eigenvalue weighted by molar-refractivity contribution is -0.136. The summed E-state index contributed by atoms with van der Waals surface area (Å²) in [6.45, 7) is 3.85. The second-order valence-electron chi connectivity index (χ2n) is 7.12. The van der Waals surface area contributed by atoms with Crippen LogP contribution in [-0.2, 0) is 14.6 Å². The molecule has 0 radical (unpaired) electrons. The van der Waals surface area contributed by atoms with E-state index in [-0.39, 0.29) is 34.9 Å². The lowest BCUT2D eigenvalue weighted by Gasteiger charge is -2.42. The predicted molar refractivity (Wildman–Crippen MR) is 93.6 cm³/mol. The van der Waals surface area contributed by atoms with Gasteiger partial charge < -0.3 is 5.32 Å². The average molecular weight is 364 g/mol. The second-order valence-corrected chi connectivity index (χ2v) is 9.23. The number of carbonyl (C=O) groups is 2. The summed E-state index contributed by atoms with van der Waals surface area (Å²) in [7, 11) is -3.54. The largest absolute Gasteiger partial charge is 0.325 e. The molecule has 1 heterocycles. The van der Waals surface area contributed by atoms with Crippen LogP contribution in [0.15, 0.2) is 35.2 Å². The molecule has 1 spiro atoms. The van der Waals surface area contributed by atoms with Gasteiger partial charge in [-0.15, -0.1) is 0 Å². The summed E-state index contributed by atoms with van der Waals surface area (Å²) in [5, 5.41) is 2.89. The summed E-state index contributed by atoms with van der Waals surface area (Å²) >= 11 is 0. The van der Waals surface area contributed by atoms with Gasteiger partial charge in [0.1, 0.15) is 5.54 Å². The van der Waals surface area contributed by atoms with Crippen molar-refractivity contribution in [2.24, 2.45) is 11.8 Å². The number of rotatable bonds is 4. The summed E-state index contributed by atoms with van der Waals surface area (Å²) in [6.07, 6.45) is 2.80. The second kappa shape index (κ2) is 6.44. The molecular formula is C18H24N2O4S. The van der Waals surface area contributed by atoms with Crippen molar-refractivity contribution in [3.63, 3.8) is 0 Å². The minimum Gasteiger partial charge on any atom is -0.323 e. The molecule has 0 bridgehead atoms. The van der Waals surface area contributed by atoms with Crippen LogP contribution >= 0.6 is 0 Å². The van der Waals surface area contributed by atoms with Crippen molar-refractivity contribution in [3.05, 3.63) is 30.3 Å². The Morgan fingerprint density at radius 3 is 2.32 bits per heavy atom. The Bertz CT molecular complexity index is 766. The van der Waals surface area contributed by atoms with Crippen LogP contribution in [0.1, 0.15) is 33.1 Å². The number of nitrogens with one attached hydrogen (secondary N) is 1. The smallest absolute Gasteiger partial charge is 0.323 e. The fourth-order valence-electron chi connectivity index (χ4n) is 4.11. The summed E-state index contributed by atoms with van der Waals surface area (Å²) in [4.78, 5) is 26.7. The van der Waals surface area contributed by atoms with Gasteiger partial charge in [-0.2, -0.15) is 0 Å². The lowest BCUT2D eigenvalue weighted by Crippen LogP contribution is -2.58. The molecule has 2 aliphatic rings. The van der Waals surface area contributed by atoms with E-state index in [1.165, 1.54) is 12.1 Å². The van der Waals surface area contributed by atoms with Gasteiger partial charge in [0.25, 0.3) is 5.91 Å². The minimum absolute atomic E-state index is 0.0448. The summed E-state index contributed by atoms with van der Waals surface area (Å²) < 4.78 is 24.9. The Labute approximate surface area is 148 Å². The maximum absolute atomic E-state index is 13.0. The number of imide groups is 1. The first kappa shape index (κ1) is 17.9. The Morgan fingerprint density at radius 1 is 1.12 bits per heavy atom. The molecule has 3 amide bonds. The van der Waals surface area contributed by atoms with Gasteiger partial charge in [0.15, 0.2) is 9.84 Å². The van der Waals surface area contributed by atoms with Crippen molar-refractivity contribution in [1.29, 1.82) is 0 Å². The molecule has 0 aromatic heterocycles. The van der Waals surface area contributed by atoms with Crippen LogP contribution in [0.5, 0.6) is 0 Å². The Balaban J connectivity index is 1.78. The summed E-state index contributed by atoms with van der Waals surface area (Å²) in [5.74, 6) is -0.456. The quantitative estimate of drug-likeness (QED) is 0.830. The maximum Gasteiger partial charge on any atom is 0.325 e. The molecule has 25 heavy (non-hydrogen) atoms. The zero-order valence-electron chi connectivity index (χ0n) is 14.6. The molecule has 6 nitrogen and oxygen atoms in total. The van der Waals surface area contributed by atoms with Crippen molar-refractivity contribution in [1.82, 2.24) is 10.2 Å². The third kappa shape index (κ3) is 2.94. The van der Waals surface area contributed by atoms with Gasteiger partial charge >= 0.3 is 6.03 Å². The third-order valence-corrected chi connectivity index (χ3v) is 7.38. The van der Waals surface area contributed by atoms with Crippen LogP contribution in [-0.4, -0.2) is 43.1 Å². The molecule has 7 heteroatoms. The lowest BCUT2D eigenvalue weighted by atomic mass is 9.67. The van der Waals surface area contributed by atoms with Crippen LogP contribution in [0.25, 0.3) is 0 Å². The highest BCUT2D eigenvalue weighted by Gasteiger charge is 2.58. The van der Waals surface area contributed by atoms with E-state index in [9.17, 15) is 18.0 Å². The van der Waals surface area contributed by atoms with Crippen molar-refractivity contribution in [3.8, 4) is 0 Å². The van der Waals surface area contributed by atoms with Crippen LogP contribution in [0.2, 0.25) is 0 Å². The van der Waals surface area contributed by atoms with Gasteiger partial charge in [0, 0.05) is 6.54 Å². The van der Waals surface area contributed by atoms with Gasteiger partial charge in [-0.25, -0.2) is 13.2 Å². The van der Waals surface area contributed by atoms with E-state index in [0.717, 1.165) is 24.2 Å². The number of carbonyl (C=O) groups excluding carboxylic acids is 2. The Kier molecular flexibility index (Phi) is 4.62. The highest BCUT2D eigenvalue weighted by molar-refractivity contribution is 7.91. The number of hydrogen-bond acceptors (Lipinski definition) is 4. The van der Waals surface area contributed by atoms with Crippen molar-refractivity contribution in [2.45, 2.75) is 43.5 Å². The van der Waals surface area contributed by atoms with E-state index < -0.39 is 21.4 Å². The fraction of sp³-hybridized carbons (Fsp3) is 0.556. The first-order valence-electron chi connectivity index (χ1n) is 8.71. The number of urea groups is 1. The van der Waals surface area contributed by atoms with Crippen LogP contribution in [0.4, 0.5) is 4.79 Å². The van der Waals surface area contributed by atoms with Gasteiger partial charge in [-0.05, 0) is 36.8 Å². The Morgan fingerprint density at radius 2 is 1.72 bits per heavy atom. The highest BCUT2D eigenvalue weighted by atomic mass is 32.2. The van der Waals surface area contributed by atoms with E-state index in [1.54, 1.807) is 18.2 Å². The molecule has 2 fully saturated rings. The van der Waals surface area contributed by atoms with Crippen LogP contribution in [0.3, 0.4) is 0 Å². The van der Waals surface area contributed by atoms with E-state index in [1.807, 2.05) is 13.8 Å². The standard InChI is InChI=1S/C18H24N2O4S/c1-13-7-6-8-14(2)18(13)16(21)20(17(22)19-18)11-12-25(23,24)15-9-4-3-5-10-15/h3-5,9-10,13-14H,6-8,11-12H2,1-2H3,(H,19,22). The molecule has 1 aromatic carbocycles. The summed E-state index contributed by atoms with van der Waals surface area (Å²) in [6, 6.07) is 7.62. The van der Waals surface area contributed by atoms with E-state index in [4.69, 9.17) is 0 Å². The zero-order valence-corrected chi connectivity index (χ0v) is 15.4. The normalized spacial score (nSPS) is 29.9. The van der Waals surface area contributed by atoms with Gasteiger partial charge in [-0.1, -0.05) is 38.5 Å². The zero-order chi connectivity index (χ0) is 18.2. The summed E-state index contributed by atoms with van der Waals surface area (Å²) in [5.41, 5.74) is -0.883. The topological polar surface area (TPSA) is 83.6 Å². The SMILES string of the molecule is CC1CCCC(C)C12NC(=O)N(CCS(=O)(=O)c1ccccc1)C2=O. The first-order valence-corrected chi connectivity index (χ1v) is 10.4. The fourth-order valence-corrected chi connectivity index (χ4v) is 5.34. The minimum atomic E-state index is -3.54. The predicted octanol–water partition coefficient (Wildman–Crippen LogP) is 2.21. The number of benzene rings is 1. The number of sulfone groups is 1. The molecule has 1 N–H and O–H groups in total. The van der Waals surface area contributed by atoms with E-state index >= 15 is 0 Å². The molecule has 1 saturated carbocycles. The number of nitrogens with zero attached hydrogens (tertiary/aromatic N) is 1. The average Bonchev–Trinajstić information content (AvgIpc) is 2.84. The van der Waals surface area contributed by atoms with Crippen molar-refractivity contribution >= 4 is 21.8 Å². The maximum atomic E-state index is 13.0. The monoisotopic (exact) mass is 364 g/mol. The molecular weight excluding hydrogens is 340 g/mol. The number of hydrogen-bond donors (Lipinski definition) is 1. The Hall–Kier alpha value is -1.89. The van der Waals surface area contributed by atoms with Gasteiger partial charge in [0.05, 0.1) is 10.6 Å².